The van der Waals surface area contributed by atoms with Gasteiger partial charge in [0.2, 0.25) is 5.91 Å². The Morgan fingerprint density at radius 2 is 2.00 bits per heavy atom. The summed E-state index contributed by atoms with van der Waals surface area (Å²) in [7, 11) is 0. The smallest absolute Gasteiger partial charge is 0.282 e. The number of nitrogens with one attached hydrogen (secondary N) is 1. The second kappa shape index (κ2) is 6.56. The molecule has 0 atom stereocenters. The van der Waals surface area contributed by atoms with Crippen molar-refractivity contribution in [3.63, 3.8) is 0 Å². The summed E-state index contributed by atoms with van der Waals surface area (Å²) in [6.45, 7) is 0.0346. The molecule has 1 aromatic carbocycles. The lowest BCUT2D eigenvalue weighted by atomic mass is 10.1. The van der Waals surface area contributed by atoms with Crippen LogP contribution in [0.25, 0.3) is 0 Å². The predicted molar refractivity (Wildman–Crippen MR) is 83.6 cm³/mol. The Morgan fingerprint density at radius 1 is 1.20 bits per heavy atom. The Morgan fingerprint density at radius 3 is 2.68 bits per heavy atom. The number of nitro benzene ring substituents is 1. The van der Waals surface area contributed by atoms with Crippen molar-refractivity contribution in [3.05, 3.63) is 63.6 Å². The summed E-state index contributed by atoms with van der Waals surface area (Å²) < 4.78 is 5.08. The quantitative estimate of drug-likeness (QED) is 0.481. The van der Waals surface area contributed by atoms with Crippen molar-refractivity contribution >= 4 is 23.4 Å². The second-order valence-electron chi connectivity index (χ2n) is 5.32. The summed E-state index contributed by atoms with van der Waals surface area (Å²) in [4.78, 5) is 47.6. The fourth-order valence-corrected chi connectivity index (χ4v) is 2.57. The zero-order valence-corrected chi connectivity index (χ0v) is 12.9. The third-order valence-corrected chi connectivity index (χ3v) is 3.78. The van der Waals surface area contributed by atoms with E-state index in [1.165, 1.54) is 24.5 Å². The Balaban J connectivity index is 1.65. The van der Waals surface area contributed by atoms with Crippen LogP contribution in [-0.4, -0.2) is 34.1 Å². The molecule has 0 spiro atoms. The molecule has 0 aliphatic carbocycles. The van der Waals surface area contributed by atoms with Crippen LogP contribution in [0.3, 0.4) is 0 Å². The Kier molecular flexibility index (Phi) is 4.29. The van der Waals surface area contributed by atoms with Crippen LogP contribution in [0.1, 0.15) is 32.9 Å². The van der Waals surface area contributed by atoms with E-state index in [2.05, 4.69) is 5.32 Å². The molecule has 0 bridgehead atoms. The number of imide groups is 1. The third-order valence-electron chi connectivity index (χ3n) is 3.78. The average molecular weight is 343 g/mol. The van der Waals surface area contributed by atoms with E-state index in [4.69, 9.17) is 4.42 Å². The standard InChI is InChI=1S/C16H13N3O6/c20-13(17-9-10-3-2-8-25-10)6-7-18-15(21)11-4-1-5-12(19(23)24)14(11)16(18)22/h1-5,8H,6-7,9H2,(H,17,20). The molecule has 0 unspecified atom stereocenters. The van der Waals surface area contributed by atoms with Gasteiger partial charge < -0.3 is 9.73 Å². The van der Waals surface area contributed by atoms with Crippen LogP contribution in [0.15, 0.2) is 41.0 Å². The highest BCUT2D eigenvalue weighted by Gasteiger charge is 2.40. The number of nitro groups is 1. The highest BCUT2D eigenvalue weighted by atomic mass is 16.6. The average Bonchev–Trinajstić information content (AvgIpc) is 3.19. The van der Waals surface area contributed by atoms with Gasteiger partial charge in [-0.05, 0) is 18.2 Å². The highest BCUT2D eigenvalue weighted by molar-refractivity contribution is 6.23. The summed E-state index contributed by atoms with van der Waals surface area (Å²) in [5.74, 6) is -1.19. The van der Waals surface area contributed by atoms with Gasteiger partial charge in [0.15, 0.2) is 0 Å². The number of nitrogens with zero attached hydrogens (tertiary/aromatic N) is 2. The first-order valence-electron chi connectivity index (χ1n) is 7.41. The molecule has 1 N–H and O–H groups in total. The Bertz CT molecular complexity index is 859. The number of carbonyl (C=O) groups excluding carboxylic acids is 3. The molecule has 1 aliphatic heterocycles. The van der Waals surface area contributed by atoms with E-state index in [0.29, 0.717) is 5.76 Å². The molecule has 3 rings (SSSR count). The van der Waals surface area contributed by atoms with Gasteiger partial charge in [0.25, 0.3) is 17.5 Å². The van der Waals surface area contributed by atoms with E-state index >= 15 is 0 Å². The lowest BCUT2D eigenvalue weighted by molar-refractivity contribution is -0.385. The topological polar surface area (TPSA) is 123 Å². The van der Waals surface area contributed by atoms with Crippen LogP contribution < -0.4 is 5.32 Å². The van der Waals surface area contributed by atoms with E-state index in [9.17, 15) is 24.5 Å². The number of rotatable bonds is 6. The SMILES string of the molecule is O=C(CCN1C(=O)c2cccc([N+](=O)[O-])c2C1=O)NCc1ccco1. The lowest BCUT2D eigenvalue weighted by Crippen LogP contribution is -2.34. The molecule has 2 aromatic rings. The number of hydrogen-bond donors (Lipinski definition) is 1. The molecule has 3 amide bonds. The minimum Gasteiger partial charge on any atom is -0.467 e. The van der Waals surface area contributed by atoms with Crippen molar-refractivity contribution < 1.29 is 23.7 Å². The number of benzene rings is 1. The maximum atomic E-state index is 12.3. The van der Waals surface area contributed by atoms with Crippen molar-refractivity contribution in [2.45, 2.75) is 13.0 Å². The molecule has 0 fully saturated rings. The van der Waals surface area contributed by atoms with Crippen LogP contribution in [0.2, 0.25) is 0 Å². The van der Waals surface area contributed by atoms with E-state index < -0.39 is 22.4 Å². The summed E-state index contributed by atoms with van der Waals surface area (Å²) in [5, 5.41) is 13.6. The molecule has 0 saturated carbocycles. The number of fused-ring (bicyclic) bond motifs is 1. The van der Waals surface area contributed by atoms with Crippen molar-refractivity contribution in [2.24, 2.45) is 0 Å². The van der Waals surface area contributed by atoms with Crippen LogP contribution >= 0.6 is 0 Å². The molecule has 0 radical (unpaired) electrons. The van der Waals surface area contributed by atoms with Gasteiger partial charge in [-0.3, -0.25) is 29.4 Å². The normalized spacial score (nSPS) is 13.0. The Labute approximate surface area is 141 Å². The predicted octanol–water partition coefficient (Wildman–Crippen LogP) is 1.49. The highest BCUT2D eigenvalue weighted by Crippen LogP contribution is 2.30. The van der Waals surface area contributed by atoms with Crippen LogP contribution in [0, 0.1) is 10.1 Å². The first kappa shape index (κ1) is 16.4. The van der Waals surface area contributed by atoms with E-state index in [-0.39, 0.29) is 36.5 Å². The molecule has 0 saturated heterocycles. The zero-order chi connectivity index (χ0) is 18.0. The maximum absolute atomic E-state index is 12.3. The van der Waals surface area contributed by atoms with Gasteiger partial charge in [0.1, 0.15) is 11.3 Å². The van der Waals surface area contributed by atoms with E-state index in [1.54, 1.807) is 12.1 Å². The minimum absolute atomic E-state index is 0.0183. The molecule has 128 valence electrons. The van der Waals surface area contributed by atoms with Crippen molar-refractivity contribution in [2.75, 3.05) is 6.54 Å². The summed E-state index contributed by atoms with van der Waals surface area (Å²) >= 11 is 0. The van der Waals surface area contributed by atoms with E-state index in [0.717, 1.165) is 4.90 Å². The number of hydrogen-bond acceptors (Lipinski definition) is 6. The fourth-order valence-electron chi connectivity index (χ4n) is 2.57. The van der Waals surface area contributed by atoms with Crippen molar-refractivity contribution in [1.82, 2.24) is 10.2 Å². The number of furan rings is 1. The molecule has 25 heavy (non-hydrogen) atoms. The molecule has 1 aliphatic rings. The van der Waals surface area contributed by atoms with Gasteiger partial charge >= 0.3 is 0 Å². The largest absolute Gasteiger partial charge is 0.467 e. The van der Waals surface area contributed by atoms with Gasteiger partial charge in [0.05, 0.1) is 23.3 Å². The first-order chi connectivity index (χ1) is 12.0. The van der Waals surface area contributed by atoms with Gasteiger partial charge in [-0.1, -0.05) is 6.07 Å². The van der Waals surface area contributed by atoms with Crippen LogP contribution in [0.5, 0.6) is 0 Å². The molecule has 9 nitrogen and oxygen atoms in total. The molecule has 1 aromatic heterocycles. The third kappa shape index (κ3) is 3.11. The zero-order valence-electron chi connectivity index (χ0n) is 12.9. The van der Waals surface area contributed by atoms with Gasteiger partial charge in [0, 0.05) is 19.0 Å². The second-order valence-corrected chi connectivity index (χ2v) is 5.32. The summed E-state index contributed by atoms with van der Waals surface area (Å²) in [6.07, 6.45) is 1.37. The van der Waals surface area contributed by atoms with Crippen LogP contribution in [0.4, 0.5) is 5.69 Å². The minimum atomic E-state index is -0.758. The molecular formula is C16H13N3O6. The molecular weight excluding hydrogens is 330 g/mol. The summed E-state index contributed by atoms with van der Waals surface area (Å²) in [6, 6.07) is 7.27. The molecule has 2 heterocycles. The van der Waals surface area contributed by atoms with Crippen molar-refractivity contribution in [3.8, 4) is 0 Å². The fraction of sp³-hybridized carbons (Fsp3) is 0.188. The monoisotopic (exact) mass is 343 g/mol. The maximum Gasteiger partial charge on any atom is 0.282 e. The number of amides is 3. The van der Waals surface area contributed by atoms with E-state index in [1.807, 2.05) is 0 Å². The van der Waals surface area contributed by atoms with Gasteiger partial charge in [-0.15, -0.1) is 0 Å². The lowest BCUT2D eigenvalue weighted by Gasteiger charge is -2.13. The van der Waals surface area contributed by atoms with Gasteiger partial charge in [-0.25, -0.2) is 0 Å². The van der Waals surface area contributed by atoms with Crippen molar-refractivity contribution in [1.29, 1.82) is 0 Å². The first-order valence-corrected chi connectivity index (χ1v) is 7.41. The molecule has 9 heteroatoms. The number of carbonyl (C=O) groups is 3. The Hall–Kier alpha value is -3.49. The van der Waals surface area contributed by atoms with Crippen LogP contribution in [-0.2, 0) is 11.3 Å². The van der Waals surface area contributed by atoms with Gasteiger partial charge in [-0.2, -0.15) is 0 Å². The summed E-state index contributed by atoms with van der Waals surface area (Å²) in [5.41, 5.74) is -0.663.